The van der Waals surface area contributed by atoms with Crippen LogP contribution in [-0.4, -0.2) is 22.5 Å². The Bertz CT molecular complexity index is 413. The molecule has 0 saturated heterocycles. The van der Waals surface area contributed by atoms with Crippen LogP contribution in [0.25, 0.3) is 11.3 Å². The summed E-state index contributed by atoms with van der Waals surface area (Å²) in [6.45, 7) is 0. The number of rotatable bonds is 2. The Hall–Kier alpha value is -1.97. The third-order valence-electron chi connectivity index (χ3n) is 1.98. The number of anilines is 1. The lowest BCUT2D eigenvalue weighted by molar-refractivity contribution is 0.871. The van der Waals surface area contributed by atoms with E-state index >= 15 is 0 Å². The molecule has 0 saturated carbocycles. The van der Waals surface area contributed by atoms with E-state index in [4.69, 9.17) is 0 Å². The Morgan fingerprint density at radius 3 is 2.71 bits per heavy atom. The van der Waals surface area contributed by atoms with Gasteiger partial charge < -0.3 is 5.32 Å². The van der Waals surface area contributed by atoms with Gasteiger partial charge in [0.05, 0.1) is 11.9 Å². The maximum Gasteiger partial charge on any atom is 0.0984 e. The largest absolute Gasteiger partial charge is 0.388 e. The number of benzene rings is 1. The van der Waals surface area contributed by atoms with E-state index in [1.807, 2.05) is 37.4 Å². The molecule has 2 rings (SSSR count). The van der Waals surface area contributed by atoms with E-state index in [1.165, 1.54) is 0 Å². The molecule has 0 bridgehead atoms. The average molecular weight is 186 g/mol. The maximum atomic E-state index is 3.96. The fraction of sp³-hybridized carbons (Fsp3) is 0.100. The van der Waals surface area contributed by atoms with E-state index in [1.54, 1.807) is 6.20 Å². The maximum absolute atomic E-state index is 3.96. The zero-order valence-corrected chi connectivity index (χ0v) is 7.81. The molecule has 14 heavy (non-hydrogen) atoms. The molecule has 0 aliphatic heterocycles. The number of nitrogens with zero attached hydrogens (tertiary/aromatic N) is 3. The van der Waals surface area contributed by atoms with Crippen LogP contribution in [0.4, 0.5) is 5.69 Å². The summed E-state index contributed by atoms with van der Waals surface area (Å²) in [5.41, 5.74) is 2.89. The molecule has 1 aromatic heterocycles. The van der Waals surface area contributed by atoms with Crippen molar-refractivity contribution < 1.29 is 0 Å². The number of hydrogen-bond acceptors (Lipinski definition) is 4. The summed E-state index contributed by atoms with van der Waals surface area (Å²) in [6, 6.07) is 9.78. The van der Waals surface area contributed by atoms with Gasteiger partial charge in [0.15, 0.2) is 0 Å². The topological polar surface area (TPSA) is 50.7 Å². The van der Waals surface area contributed by atoms with E-state index in [2.05, 4.69) is 20.7 Å². The molecule has 0 atom stereocenters. The van der Waals surface area contributed by atoms with Crippen LogP contribution in [0.15, 0.2) is 36.5 Å². The third kappa shape index (κ3) is 1.54. The van der Waals surface area contributed by atoms with E-state index in [9.17, 15) is 0 Å². The van der Waals surface area contributed by atoms with E-state index in [0.29, 0.717) is 0 Å². The fourth-order valence-electron chi connectivity index (χ4n) is 1.31. The first-order valence-electron chi connectivity index (χ1n) is 4.33. The van der Waals surface area contributed by atoms with Crippen LogP contribution in [0.3, 0.4) is 0 Å². The van der Waals surface area contributed by atoms with Gasteiger partial charge in [-0.3, -0.25) is 0 Å². The number of nitrogens with one attached hydrogen (secondary N) is 1. The summed E-state index contributed by atoms with van der Waals surface area (Å²) >= 11 is 0. The highest BCUT2D eigenvalue weighted by Crippen LogP contribution is 2.24. The van der Waals surface area contributed by atoms with E-state index < -0.39 is 0 Å². The number of aromatic nitrogens is 3. The Labute approximate surface area is 82.0 Å². The van der Waals surface area contributed by atoms with Crippen LogP contribution in [0.5, 0.6) is 0 Å². The first kappa shape index (κ1) is 8.62. The molecular weight excluding hydrogens is 176 g/mol. The van der Waals surface area contributed by atoms with Gasteiger partial charge in [0.25, 0.3) is 0 Å². The molecule has 4 heteroatoms. The highest BCUT2D eigenvalue weighted by molar-refractivity contribution is 5.74. The second-order valence-corrected chi connectivity index (χ2v) is 2.80. The first-order valence-corrected chi connectivity index (χ1v) is 4.33. The quantitative estimate of drug-likeness (QED) is 0.773. The van der Waals surface area contributed by atoms with Gasteiger partial charge in [-0.1, -0.05) is 18.2 Å². The van der Waals surface area contributed by atoms with Crippen molar-refractivity contribution in [2.45, 2.75) is 0 Å². The van der Waals surface area contributed by atoms with Crippen LogP contribution >= 0.6 is 0 Å². The molecule has 70 valence electrons. The summed E-state index contributed by atoms with van der Waals surface area (Å²) in [5.74, 6) is 0. The smallest absolute Gasteiger partial charge is 0.0984 e. The molecule has 0 radical (unpaired) electrons. The molecule has 1 aromatic carbocycles. The van der Waals surface area contributed by atoms with Crippen molar-refractivity contribution in [3.05, 3.63) is 36.5 Å². The molecule has 4 nitrogen and oxygen atoms in total. The van der Waals surface area contributed by atoms with E-state index in [-0.39, 0.29) is 0 Å². The van der Waals surface area contributed by atoms with Gasteiger partial charge in [-0.2, -0.15) is 0 Å². The highest BCUT2D eigenvalue weighted by atomic mass is 15.3. The summed E-state index contributed by atoms with van der Waals surface area (Å²) in [7, 11) is 1.88. The highest BCUT2D eigenvalue weighted by Gasteiger charge is 2.03. The minimum absolute atomic E-state index is 0.824. The molecule has 0 amide bonds. The Morgan fingerprint density at radius 1 is 1.14 bits per heavy atom. The molecule has 0 aliphatic carbocycles. The predicted octanol–water partition coefficient (Wildman–Crippen LogP) is 1.58. The lowest BCUT2D eigenvalue weighted by Gasteiger charge is -2.06. The van der Waals surface area contributed by atoms with Gasteiger partial charge in [-0.25, -0.2) is 0 Å². The summed E-state index contributed by atoms with van der Waals surface area (Å²) in [4.78, 5) is 0. The van der Waals surface area contributed by atoms with Crippen molar-refractivity contribution in [3.63, 3.8) is 0 Å². The molecule has 1 N–H and O–H groups in total. The van der Waals surface area contributed by atoms with Crippen molar-refractivity contribution >= 4 is 5.69 Å². The predicted molar refractivity (Wildman–Crippen MR) is 54.8 cm³/mol. The van der Waals surface area contributed by atoms with Crippen molar-refractivity contribution in [2.24, 2.45) is 0 Å². The molecule has 0 aliphatic rings. The zero-order chi connectivity index (χ0) is 9.80. The molecule has 0 unspecified atom stereocenters. The van der Waals surface area contributed by atoms with Crippen LogP contribution < -0.4 is 5.32 Å². The molecule has 1 heterocycles. The van der Waals surface area contributed by atoms with Crippen LogP contribution in [0.1, 0.15) is 0 Å². The Balaban J connectivity index is 2.51. The minimum atomic E-state index is 0.824. The van der Waals surface area contributed by atoms with Crippen LogP contribution in [0, 0.1) is 0 Å². The van der Waals surface area contributed by atoms with E-state index in [0.717, 1.165) is 16.9 Å². The van der Waals surface area contributed by atoms with Gasteiger partial charge in [0.2, 0.25) is 0 Å². The van der Waals surface area contributed by atoms with Crippen molar-refractivity contribution in [2.75, 3.05) is 12.4 Å². The second-order valence-electron chi connectivity index (χ2n) is 2.80. The van der Waals surface area contributed by atoms with Crippen molar-refractivity contribution in [3.8, 4) is 11.3 Å². The standard InChI is InChI=1S/C10H10N4/c1-11-9-5-3-2-4-8(9)10-6-7-12-14-13-10/h2-7,11H,1H3. The average Bonchev–Trinajstić information content (AvgIpc) is 2.30. The van der Waals surface area contributed by atoms with Gasteiger partial charge in [-0.15, -0.1) is 10.2 Å². The normalized spacial score (nSPS) is 9.79. The second kappa shape index (κ2) is 3.83. The lowest BCUT2D eigenvalue weighted by atomic mass is 10.1. The van der Waals surface area contributed by atoms with Crippen LogP contribution in [0.2, 0.25) is 0 Å². The third-order valence-corrected chi connectivity index (χ3v) is 1.98. The van der Waals surface area contributed by atoms with Gasteiger partial charge >= 0.3 is 0 Å². The summed E-state index contributed by atoms with van der Waals surface area (Å²) in [5, 5.41) is 14.3. The van der Waals surface area contributed by atoms with Gasteiger partial charge in [0, 0.05) is 18.3 Å². The monoisotopic (exact) mass is 186 g/mol. The van der Waals surface area contributed by atoms with Crippen molar-refractivity contribution in [1.29, 1.82) is 0 Å². The first-order chi connectivity index (χ1) is 6.92. The summed E-state index contributed by atoms with van der Waals surface area (Å²) in [6.07, 6.45) is 1.63. The fourth-order valence-corrected chi connectivity index (χ4v) is 1.31. The number of hydrogen-bond donors (Lipinski definition) is 1. The SMILES string of the molecule is CNc1ccccc1-c1ccnnn1. The van der Waals surface area contributed by atoms with Gasteiger partial charge in [0.1, 0.15) is 0 Å². The Kier molecular flexibility index (Phi) is 2.36. The number of para-hydroxylation sites is 1. The van der Waals surface area contributed by atoms with Crippen LogP contribution in [-0.2, 0) is 0 Å². The molecule has 0 spiro atoms. The molecule has 2 aromatic rings. The lowest BCUT2D eigenvalue weighted by Crippen LogP contribution is -1.94. The Morgan fingerprint density at radius 2 is 2.00 bits per heavy atom. The van der Waals surface area contributed by atoms with Crippen molar-refractivity contribution in [1.82, 2.24) is 15.4 Å². The minimum Gasteiger partial charge on any atom is -0.388 e. The molecular formula is C10H10N4. The zero-order valence-electron chi connectivity index (χ0n) is 7.81. The summed E-state index contributed by atoms with van der Waals surface area (Å²) < 4.78 is 0. The molecule has 0 fully saturated rings. The van der Waals surface area contributed by atoms with Gasteiger partial charge in [-0.05, 0) is 17.3 Å².